The Labute approximate surface area is 82.2 Å². The SMILES string of the molecule is CCc1ccc2nnc(CNC)n2n1. The summed E-state index contributed by atoms with van der Waals surface area (Å²) in [5.41, 5.74) is 1.85. The topological polar surface area (TPSA) is 55.1 Å². The van der Waals surface area contributed by atoms with Crippen LogP contribution in [-0.4, -0.2) is 26.9 Å². The molecule has 14 heavy (non-hydrogen) atoms. The Morgan fingerprint density at radius 1 is 1.36 bits per heavy atom. The lowest BCUT2D eigenvalue weighted by Crippen LogP contribution is -2.10. The third kappa shape index (κ3) is 1.46. The fourth-order valence-corrected chi connectivity index (χ4v) is 1.33. The zero-order valence-electron chi connectivity index (χ0n) is 8.36. The molecule has 0 aromatic carbocycles. The smallest absolute Gasteiger partial charge is 0.177 e. The number of aryl methyl sites for hydroxylation is 1. The highest BCUT2D eigenvalue weighted by Gasteiger charge is 2.05. The molecule has 5 heteroatoms. The van der Waals surface area contributed by atoms with Crippen LogP contribution >= 0.6 is 0 Å². The molecule has 0 bridgehead atoms. The Hall–Kier alpha value is -1.49. The zero-order chi connectivity index (χ0) is 9.97. The van der Waals surface area contributed by atoms with Crippen LogP contribution in [0.15, 0.2) is 12.1 Å². The monoisotopic (exact) mass is 191 g/mol. The number of hydrogen-bond donors (Lipinski definition) is 1. The van der Waals surface area contributed by atoms with E-state index in [-0.39, 0.29) is 0 Å². The standard InChI is InChI=1S/C9H13N5/c1-3-7-4-5-8-11-12-9(6-10-2)14(8)13-7/h4-5,10H,3,6H2,1-2H3. The second-order valence-corrected chi connectivity index (χ2v) is 3.09. The predicted molar refractivity (Wildman–Crippen MR) is 52.9 cm³/mol. The van der Waals surface area contributed by atoms with Gasteiger partial charge in [-0.05, 0) is 25.6 Å². The number of hydrogen-bond acceptors (Lipinski definition) is 4. The summed E-state index contributed by atoms with van der Waals surface area (Å²) in [6.07, 6.45) is 0.924. The first kappa shape index (κ1) is 9.08. The summed E-state index contributed by atoms with van der Waals surface area (Å²) in [7, 11) is 1.88. The van der Waals surface area contributed by atoms with Gasteiger partial charge in [0.05, 0.1) is 12.2 Å². The molecule has 0 atom stereocenters. The van der Waals surface area contributed by atoms with Crippen molar-refractivity contribution < 1.29 is 0 Å². The van der Waals surface area contributed by atoms with E-state index < -0.39 is 0 Å². The molecule has 2 aromatic heterocycles. The molecule has 0 radical (unpaired) electrons. The van der Waals surface area contributed by atoms with Gasteiger partial charge in [0.15, 0.2) is 11.5 Å². The summed E-state index contributed by atoms with van der Waals surface area (Å²) in [5.74, 6) is 0.845. The lowest BCUT2D eigenvalue weighted by atomic mass is 10.3. The van der Waals surface area contributed by atoms with Crippen LogP contribution < -0.4 is 5.32 Å². The molecule has 0 saturated heterocycles. The first-order valence-corrected chi connectivity index (χ1v) is 4.70. The first-order chi connectivity index (χ1) is 6.85. The van der Waals surface area contributed by atoms with Gasteiger partial charge in [-0.15, -0.1) is 10.2 Å². The molecule has 0 saturated carbocycles. The zero-order valence-corrected chi connectivity index (χ0v) is 8.36. The van der Waals surface area contributed by atoms with Crippen LogP contribution in [-0.2, 0) is 13.0 Å². The van der Waals surface area contributed by atoms with Gasteiger partial charge in [-0.3, -0.25) is 0 Å². The molecule has 0 unspecified atom stereocenters. The van der Waals surface area contributed by atoms with E-state index in [4.69, 9.17) is 0 Å². The summed E-state index contributed by atoms with van der Waals surface area (Å²) in [6.45, 7) is 2.76. The Morgan fingerprint density at radius 3 is 2.93 bits per heavy atom. The van der Waals surface area contributed by atoms with E-state index in [0.29, 0.717) is 6.54 Å². The van der Waals surface area contributed by atoms with Gasteiger partial charge in [0, 0.05) is 0 Å². The van der Waals surface area contributed by atoms with Crippen molar-refractivity contribution in [2.75, 3.05) is 7.05 Å². The van der Waals surface area contributed by atoms with E-state index in [2.05, 4.69) is 27.5 Å². The summed E-state index contributed by atoms with van der Waals surface area (Å²) >= 11 is 0. The summed E-state index contributed by atoms with van der Waals surface area (Å²) in [5, 5.41) is 15.5. The minimum atomic E-state index is 0.682. The highest BCUT2D eigenvalue weighted by Crippen LogP contribution is 2.03. The van der Waals surface area contributed by atoms with Crippen molar-refractivity contribution in [1.82, 2.24) is 25.1 Å². The van der Waals surface area contributed by atoms with Crippen molar-refractivity contribution in [2.45, 2.75) is 19.9 Å². The van der Waals surface area contributed by atoms with Crippen LogP contribution in [0.4, 0.5) is 0 Å². The highest BCUT2D eigenvalue weighted by atomic mass is 15.4. The maximum Gasteiger partial charge on any atom is 0.177 e. The summed E-state index contributed by atoms with van der Waals surface area (Å²) < 4.78 is 1.79. The molecule has 5 nitrogen and oxygen atoms in total. The van der Waals surface area contributed by atoms with Gasteiger partial charge in [0.2, 0.25) is 0 Å². The second kappa shape index (κ2) is 3.71. The molecule has 2 rings (SSSR count). The van der Waals surface area contributed by atoms with Crippen LogP contribution in [0.2, 0.25) is 0 Å². The van der Waals surface area contributed by atoms with Crippen molar-refractivity contribution in [3.63, 3.8) is 0 Å². The molecule has 0 aliphatic carbocycles. The fraction of sp³-hybridized carbons (Fsp3) is 0.444. The third-order valence-electron chi connectivity index (χ3n) is 2.08. The summed E-state index contributed by atoms with van der Waals surface area (Å²) in [6, 6.07) is 3.92. The number of rotatable bonds is 3. The van der Waals surface area contributed by atoms with Crippen molar-refractivity contribution in [3.8, 4) is 0 Å². The summed E-state index contributed by atoms with van der Waals surface area (Å²) in [4.78, 5) is 0. The molecular formula is C9H13N5. The molecule has 0 aliphatic rings. The Morgan fingerprint density at radius 2 is 2.21 bits per heavy atom. The van der Waals surface area contributed by atoms with Gasteiger partial charge >= 0.3 is 0 Å². The maximum absolute atomic E-state index is 4.42. The van der Waals surface area contributed by atoms with Crippen LogP contribution in [0, 0.1) is 0 Å². The average molecular weight is 191 g/mol. The molecule has 2 heterocycles. The van der Waals surface area contributed by atoms with E-state index in [1.165, 1.54) is 0 Å². The molecule has 0 spiro atoms. The Bertz CT molecular complexity index is 434. The normalized spacial score (nSPS) is 11.0. The molecule has 0 fully saturated rings. The van der Waals surface area contributed by atoms with Gasteiger partial charge < -0.3 is 5.32 Å². The molecule has 0 amide bonds. The van der Waals surface area contributed by atoms with E-state index in [1.807, 2.05) is 19.2 Å². The molecule has 0 aliphatic heterocycles. The lowest BCUT2D eigenvalue weighted by molar-refractivity contribution is 0.708. The molecule has 2 aromatic rings. The average Bonchev–Trinajstić information content (AvgIpc) is 2.61. The van der Waals surface area contributed by atoms with Crippen LogP contribution in [0.1, 0.15) is 18.4 Å². The second-order valence-electron chi connectivity index (χ2n) is 3.09. The largest absolute Gasteiger partial charge is 0.313 e. The number of nitrogens with one attached hydrogen (secondary N) is 1. The van der Waals surface area contributed by atoms with Crippen molar-refractivity contribution in [2.24, 2.45) is 0 Å². The van der Waals surface area contributed by atoms with Gasteiger partial charge in [0.1, 0.15) is 0 Å². The Kier molecular flexibility index (Phi) is 2.41. The fourth-order valence-electron chi connectivity index (χ4n) is 1.33. The Balaban J connectivity index is 2.52. The van der Waals surface area contributed by atoms with Gasteiger partial charge in [-0.25, -0.2) is 0 Å². The van der Waals surface area contributed by atoms with Crippen LogP contribution in [0.25, 0.3) is 5.65 Å². The van der Waals surface area contributed by atoms with Crippen molar-refractivity contribution in [3.05, 3.63) is 23.7 Å². The quantitative estimate of drug-likeness (QED) is 0.763. The minimum absolute atomic E-state index is 0.682. The highest BCUT2D eigenvalue weighted by molar-refractivity contribution is 5.36. The van der Waals surface area contributed by atoms with Crippen molar-refractivity contribution >= 4 is 5.65 Å². The van der Waals surface area contributed by atoms with E-state index in [0.717, 1.165) is 23.6 Å². The minimum Gasteiger partial charge on any atom is -0.313 e. The third-order valence-corrected chi connectivity index (χ3v) is 2.08. The molecular weight excluding hydrogens is 178 g/mol. The predicted octanol–water partition coefficient (Wildman–Crippen LogP) is 0.406. The molecule has 1 N–H and O–H groups in total. The van der Waals surface area contributed by atoms with E-state index in [1.54, 1.807) is 4.52 Å². The first-order valence-electron chi connectivity index (χ1n) is 4.70. The maximum atomic E-state index is 4.42. The number of aromatic nitrogens is 4. The molecule has 74 valence electrons. The van der Waals surface area contributed by atoms with E-state index >= 15 is 0 Å². The van der Waals surface area contributed by atoms with Gasteiger partial charge in [0.25, 0.3) is 0 Å². The van der Waals surface area contributed by atoms with Gasteiger partial charge in [-0.1, -0.05) is 6.92 Å². The van der Waals surface area contributed by atoms with Gasteiger partial charge in [-0.2, -0.15) is 9.61 Å². The lowest BCUT2D eigenvalue weighted by Gasteiger charge is -1.99. The van der Waals surface area contributed by atoms with E-state index in [9.17, 15) is 0 Å². The van der Waals surface area contributed by atoms with Crippen molar-refractivity contribution in [1.29, 1.82) is 0 Å². The van der Waals surface area contributed by atoms with Crippen LogP contribution in [0.3, 0.4) is 0 Å². The number of fused-ring (bicyclic) bond motifs is 1. The van der Waals surface area contributed by atoms with Crippen LogP contribution in [0.5, 0.6) is 0 Å². The number of nitrogens with zero attached hydrogens (tertiary/aromatic N) is 4.